The molecule has 116 valence electrons. The van der Waals surface area contributed by atoms with Gasteiger partial charge in [-0.1, -0.05) is 23.8 Å². The van der Waals surface area contributed by atoms with Crippen LogP contribution in [0.3, 0.4) is 0 Å². The zero-order chi connectivity index (χ0) is 15.5. The Bertz CT molecular complexity index is 641. The number of furan rings is 1. The lowest BCUT2D eigenvalue weighted by Gasteiger charge is -2.34. The van der Waals surface area contributed by atoms with Gasteiger partial charge < -0.3 is 9.32 Å². The van der Waals surface area contributed by atoms with Crippen molar-refractivity contribution in [3.05, 3.63) is 59.0 Å². The number of piperazine rings is 1. The second-order valence-electron chi connectivity index (χ2n) is 5.98. The first-order valence-electron chi connectivity index (χ1n) is 7.75. The molecule has 0 unspecified atom stereocenters. The van der Waals surface area contributed by atoms with E-state index < -0.39 is 0 Å². The lowest BCUT2D eigenvalue weighted by molar-refractivity contribution is 0.0597. The zero-order valence-corrected chi connectivity index (χ0v) is 13.2. The maximum atomic E-state index is 12.2. The third-order valence-electron chi connectivity index (χ3n) is 4.29. The van der Waals surface area contributed by atoms with E-state index in [-0.39, 0.29) is 5.91 Å². The van der Waals surface area contributed by atoms with Crippen LogP contribution >= 0.6 is 0 Å². The SMILES string of the molecule is Cc1ccc(C)c(CN2CCN(C(=O)c3ccco3)CC2)c1. The van der Waals surface area contributed by atoms with Crippen molar-refractivity contribution in [3.8, 4) is 0 Å². The molecule has 0 atom stereocenters. The first-order chi connectivity index (χ1) is 10.6. The second-order valence-corrected chi connectivity index (χ2v) is 5.98. The maximum absolute atomic E-state index is 12.2. The van der Waals surface area contributed by atoms with Crippen molar-refractivity contribution >= 4 is 5.91 Å². The van der Waals surface area contributed by atoms with Gasteiger partial charge in [-0.05, 0) is 37.1 Å². The third-order valence-corrected chi connectivity index (χ3v) is 4.29. The van der Waals surface area contributed by atoms with E-state index in [0.717, 1.165) is 32.7 Å². The number of carbonyl (C=O) groups excluding carboxylic acids is 1. The van der Waals surface area contributed by atoms with Crippen molar-refractivity contribution in [1.29, 1.82) is 0 Å². The summed E-state index contributed by atoms with van der Waals surface area (Å²) in [6.07, 6.45) is 1.55. The Kier molecular flexibility index (Phi) is 4.29. The molecule has 1 aromatic heterocycles. The van der Waals surface area contributed by atoms with Crippen LogP contribution in [0, 0.1) is 13.8 Å². The normalized spacial score (nSPS) is 16.0. The number of nitrogens with zero attached hydrogens (tertiary/aromatic N) is 2. The molecule has 0 aliphatic carbocycles. The minimum absolute atomic E-state index is 0.00335. The molecule has 22 heavy (non-hydrogen) atoms. The number of aryl methyl sites for hydroxylation is 2. The van der Waals surface area contributed by atoms with Crippen LogP contribution in [0.1, 0.15) is 27.2 Å². The fourth-order valence-corrected chi connectivity index (χ4v) is 2.88. The van der Waals surface area contributed by atoms with Crippen molar-refractivity contribution in [3.63, 3.8) is 0 Å². The molecule has 0 spiro atoms. The highest BCUT2D eigenvalue weighted by atomic mass is 16.3. The predicted molar refractivity (Wildman–Crippen MR) is 85.8 cm³/mol. The molecular formula is C18H22N2O2. The van der Waals surface area contributed by atoms with Crippen LogP contribution in [0.4, 0.5) is 0 Å². The molecule has 0 N–H and O–H groups in total. The van der Waals surface area contributed by atoms with E-state index in [1.807, 2.05) is 4.90 Å². The Morgan fingerprint density at radius 2 is 1.91 bits per heavy atom. The Morgan fingerprint density at radius 3 is 2.59 bits per heavy atom. The first kappa shape index (κ1) is 14.9. The quantitative estimate of drug-likeness (QED) is 0.874. The molecule has 2 aromatic rings. The third kappa shape index (κ3) is 3.22. The minimum Gasteiger partial charge on any atom is -0.459 e. The Hall–Kier alpha value is -2.07. The second kappa shape index (κ2) is 6.36. The van der Waals surface area contributed by atoms with Gasteiger partial charge in [-0.3, -0.25) is 9.69 Å². The van der Waals surface area contributed by atoms with Crippen LogP contribution < -0.4 is 0 Å². The Labute approximate surface area is 131 Å². The van der Waals surface area contributed by atoms with Crippen molar-refractivity contribution in [2.75, 3.05) is 26.2 Å². The minimum atomic E-state index is -0.00335. The van der Waals surface area contributed by atoms with E-state index in [9.17, 15) is 4.79 Å². The fraction of sp³-hybridized carbons (Fsp3) is 0.389. The molecule has 1 aliphatic rings. The molecular weight excluding hydrogens is 276 g/mol. The first-order valence-corrected chi connectivity index (χ1v) is 7.75. The van der Waals surface area contributed by atoms with Crippen molar-refractivity contribution in [1.82, 2.24) is 9.80 Å². The molecule has 3 rings (SSSR count). The molecule has 1 aromatic carbocycles. The van der Waals surface area contributed by atoms with Crippen molar-refractivity contribution in [2.45, 2.75) is 20.4 Å². The topological polar surface area (TPSA) is 36.7 Å². The molecule has 1 aliphatic heterocycles. The average molecular weight is 298 g/mol. The zero-order valence-electron chi connectivity index (χ0n) is 13.2. The summed E-state index contributed by atoms with van der Waals surface area (Å²) >= 11 is 0. The standard InChI is InChI=1S/C18H22N2O2/c1-14-5-6-15(2)16(12-14)13-19-7-9-20(10-8-19)18(21)17-4-3-11-22-17/h3-6,11-12H,7-10,13H2,1-2H3. The van der Waals surface area contributed by atoms with Gasteiger partial charge in [0.1, 0.15) is 0 Å². The Morgan fingerprint density at radius 1 is 1.14 bits per heavy atom. The van der Waals surface area contributed by atoms with Gasteiger partial charge in [0.15, 0.2) is 5.76 Å². The summed E-state index contributed by atoms with van der Waals surface area (Å²) in [5, 5.41) is 0. The highest BCUT2D eigenvalue weighted by Gasteiger charge is 2.23. The van der Waals surface area contributed by atoms with Crippen LogP contribution in [0.25, 0.3) is 0 Å². The lowest BCUT2D eigenvalue weighted by atomic mass is 10.0. The fourth-order valence-electron chi connectivity index (χ4n) is 2.88. The highest BCUT2D eigenvalue weighted by molar-refractivity contribution is 5.91. The van der Waals surface area contributed by atoms with Crippen LogP contribution in [-0.4, -0.2) is 41.9 Å². The molecule has 0 radical (unpaired) electrons. The largest absolute Gasteiger partial charge is 0.459 e. The van der Waals surface area contributed by atoms with E-state index in [2.05, 4.69) is 36.9 Å². The molecule has 1 fully saturated rings. The smallest absolute Gasteiger partial charge is 0.289 e. The molecule has 2 heterocycles. The van der Waals surface area contributed by atoms with Gasteiger partial charge in [0, 0.05) is 32.7 Å². The van der Waals surface area contributed by atoms with Gasteiger partial charge in [-0.2, -0.15) is 0 Å². The predicted octanol–water partition coefficient (Wildman–Crippen LogP) is 2.85. The van der Waals surface area contributed by atoms with Crippen LogP contribution in [0.5, 0.6) is 0 Å². The van der Waals surface area contributed by atoms with Crippen LogP contribution in [-0.2, 0) is 6.54 Å². The van der Waals surface area contributed by atoms with Crippen LogP contribution in [0.2, 0.25) is 0 Å². The summed E-state index contributed by atoms with van der Waals surface area (Å²) < 4.78 is 5.20. The lowest BCUT2D eigenvalue weighted by Crippen LogP contribution is -2.48. The summed E-state index contributed by atoms with van der Waals surface area (Å²) in [4.78, 5) is 16.5. The summed E-state index contributed by atoms with van der Waals surface area (Å²) in [5.41, 5.74) is 4.01. The highest BCUT2D eigenvalue weighted by Crippen LogP contribution is 2.16. The van der Waals surface area contributed by atoms with Gasteiger partial charge in [0.05, 0.1) is 6.26 Å². The molecule has 1 saturated heterocycles. The molecule has 4 nitrogen and oxygen atoms in total. The van der Waals surface area contributed by atoms with Crippen LogP contribution in [0.15, 0.2) is 41.0 Å². The van der Waals surface area contributed by atoms with E-state index in [1.54, 1.807) is 18.4 Å². The molecule has 0 bridgehead atoms. The number of rotatable bonds is 3. The number of hydrogen-bond donors (Lipinski definition) is 0. The molecule has 1 amide bonds. The summed E-state index contributed by atoms with van der Waals surface area (Å²) in [6, 6.07) is 10.1. The van der Waals surface area contributed by atoms with Gasteiger partial charge in [-0.25, -0.2) is 0 Å². The monoisotopic (exact) mass is 298 g/mol. The number of amides is 1. The van der Waals surface area contributed by atoms with E-state index in [0.29, 0.717) is 5.76 Å². The van der Waals surface area contributed by atoms with E-state index in [1.165, 1.54) is 16.7 Å². The van der Waals surface area contributed by atoms with E-state index >= 15 is 0 Å². The van der Waals surface area contributed by atoms with Gasteiger partial charge >= 0.3 is 0 Å². The van der Waals surface area contributed by atoms with Crippen molar-refractivity contribution < 1.29 is 9.21 Å². The number of benzene rings is 1. The van der Waals surface area contributed by atoms with Gasteiger partial charge in [0.2, 0.25) is 0 Å². The maximum Gasteiger partial charge on any atom is 0.289 e. The number of hydrogen-bond acceptors (Lipinski definition) is 3. The van der Waals surface area contributed by atoms with Gasteiger partial charge in [0.25, 0.3) is 5.91 Å². The molecule has 4 heteroatoms. The van der Waals surface area contributed by atoms with Crippen molar-refractivity contribution in [2.24, 2.45) is 0 Å². The molecule has 0 saturated carbocycles. The van der Waals surface area contributed by atoms with Gasteiger partial charge in [-0.15, -0.1) is 0 Å². The Balaban J connectivity index is 1.58. The van der Waals surface area contributed by atoms with E-state index in [4.69, 9.17) is 4.42 Å². The number of carbonyl (C=O) groups is 1. The summed E-state index contributed by atoms with van der Waals surface area (Å²) in [6.45, 7) is 8.55. The summed E-state index contributed by atoms with van der Waals surface area (Å²) in [7, 11) is 0. The summed E-state index contributed by atoms with van der Waals surface area (Å²) in [5.74, 6) is 0.430. The average Bonchev–Trinajstić information content (AvgIpc) is 3.05.